The molecule has 3 aromatic carbocycles. The third-order valence-electron chi connectivity index (χ3n) is 5.12. The van der Waals surface area contributed by atoms with E-state index in [0.29, 0.717) is 11.3 Å². The average Bonchev–Trinajstić information content (AvgIpc) is 3.05. The zero-order chi connectivity index (χ0) is 22.8. The minimum atomic E-state index is -0.508. The quantitative estimate of drug-likeness (QED) is 0.617. The van der Waals surface area contributed by atoms with Crippen LogP contribution in [0.2, 0.25) is 0 Å². The van der Waals surface area contributed by atoms with Gasteiger partial charge < -0.3 is 10.2 Å². The zero-order valence-electron chi connectivity index (χ0n) is 17.5. The Labute approximate surface area is 184 Å². The SMILES string of the molecule is CC(=O)Nc1ccc(C2=C(N(C)c3ccccc3)C(=O)N(c3ccc(F)cc3)C2=O)cc1. The Balaban J connectivity index is 1.82. The van der Waals surface area contributed by atoms with Crippen molar-refractivity contribution in [2.75, 3.05) is 22.2 Å². The van der Waals surface area contributed by atoms with Crippen LogP contribution < -0.4 is 15.1 Å². The highest BCUT2D eigenvalue weighted by atomic mass is 19.1. The number of anilines is 3. The van der Waals surface area contributed by atoms with Crippen molar-refractivity contribution in [3.8, 4) is 0 Å². The third-order valence-corrected chi connectivity index (χ3v) is 5.12. The van der Waals surface area contributed by atoms with E-state index in [1.807, 2.05) is 30.3 Å². The molecule has 1 heterocycles. The van der Waals surface area contributed by atoms with E-state index >= 15 is 0 Å². The van der Waals surface area contributed by atoms with Crippen LogP contribution in [0, 0.1) is 5.82 Å². The van der Waals surface area contributed by atoms with Crippen LogP contribution in [0.1, 0.15) is 12.5 Å². The van der Waals surface area contributed by atoms with Gasteiger partial charge in [-0.15, -0.1) is 0 Å². The second kappa shape index (κ2) is 8.47. The highest BCUT2D eigenvalue weighted by Crippen LogP contribution is 2.36. The van der Waals surface area contributed by atoms with Crippen LogP contribution in [0.5, 0.6) is 0 Å². The molecule has 0 aliphatic carbocycles. The summed E-state index contributed by atoms with van der Waals surface area (Å²) in [5.41, 5.74) is 2.55. The molecule has 0 saturated heterocycles. The van der Waals surface area contributed by atoms with E-state index in [1.165, 1.54) is 31.2 Å². The second-order valence-electron chi connectivity index (χ2n) is 7.30. The number of nitrogens with one attached hydrogen (secondary N) is 1. The summed E-state index contributed by atoms with van der Waals surface area (Å²) in [7, 11) is 1.72. The molecule has 0 atom stereocenters. The highest BCUT2D eigenvalue weighted by Gasteiger charge is 2.42. The monoisotopic (exact) mass is 429 g/mol. The van der Waals surface area contributed by atoms with Gasteiger partial charge in [-0.1, -0.05) is 30.3 Å². The van der Waals surface area contributed by atoms with E-state index in [0.717, 1.165) is 10.6 Å². The largest absolute Gasteiger partial charge is 0.339 e. The number of imide groups is 1. The molecule has 7 heteroatoms. The number of halogens is 1. The van der Waals surface area contributed by atoms with Crippen molar-refractivity contribution in [3.63, 3.8) is 0 Å². The van der Waals surface area contributed by atoms with Gasteiger partial charge in [-0.25, -0.2) is 9.29 Å². The number of rotatable bonds is 5. The number of carbonyl (C=O) groups excluding carboxylic acids is 3. The molecular weight excluding hydrogens is 409 g/mol. The van der Waals surface area contributed by atoms with Gasteiger partial charge in [0.2, 0.25) is 5.91 Å². The number of hydrogen-bond donors (Lipinski definition) is 1. The molecule has 32 heavy (non-hydrogen) atoms. The average molecular weight is 429 g/mol. The van der Waals surface area contributed by atoms with Gasteiger partial charge in [0.15, 0.2) is 0 Å². The number of benzene rings is 3. The summed E-state index contributed by atoms with van der Waals surface area (Å²) in [6, 6.07) is 21.1. The molecule has 160 valence electrons. The molecule has 0 bridgehead atoms. The first kappa shape index (κ1) is 21.0. The topological polar surface area (TPSA) is 69.7 Å². The van der Waals surface area contributed by atoms with Crippen molar-refractivity contribution in [1.82, 2.24) is 0 Å². The molecule has 3 amide bonds. The molecule has 1 N–H and O–H groups in total. The lowest BCUT2D eigenvalue weighted by atomic mass is 10.0. The zero-order valence-corrected chi connectivity index (χ0v) is 17.5. The summed E-state index contributed by atoms with van der Waals surface area (Å²) in [6.07, 6.45) is 0. The molecule has 3 aromatic rings. The summed E-state index contributed by atoms with van der Waals surface area (Å²) in [4.78, 5) is 41.0. The van der Waals surface area contributed by atoms with E-state index in [2.05, 4.69) is 5.32 Å². The van der Waals surface area contributed by atoms with Crippen molar-refractivity contribution in [1.29, 1.82) is 0 Å². The summed E-state index contributed by atoms with van der Waals surface area (Å²) in [6.45, 7) is 1.41. The molecule has 0 fully saturated rings. The van der Waals surface area contributed by atoms with Crippen LogP contribution in [0.15, 0.2) is 84.6 Å². The number of carbonyl (C=O) groups is 3. The van der Waals surface area contributed by atoms with Crippen LogP contribution in [-0.2, 0) is 14.4 Å². The van der Waals surface area contributed by atoms with E-state index < -0.39 is 17.6 Å². The first-order valence-electron chi connectivity index (χ1n) is 9.92. The van der Waals surface area contributed by atoms with E-state index in [1.54, 1.807) is 36.2 Å². The van der Waals surface area contributed by atoms with Crippen LogP contribution in [0.4, 0.5) is 21.5 Å². The summed E-state index contributed by atoms with van der Waals surface area (Å²) in [5, 5.41) is 2.68. The van der Waals surface area contributed by atoms with Gasteiger partial charge in [0.05, 0.1) is 11.3 Å². The summed E-state index contributed by atoms with van der Waals surface area (Å²) in [5.74, 6) is -1.69. The lowest BCUT2D eigenvalue weighted by Crippen LogP contribution is -2.34. The van der Waals surface area contributed by atoms with Crippen molar-refractivity contribution in [2.45, 2.75) is 6.92 Å². The van der Waals surface area contributed by atoms with Gasteiger partial charge in [-0.05, 0) is 54.1 Å². The van der Waals surface area contributed by atoms with Crippen molar-refractivity contribution in [3.05, 3.63) is 95.9 Å². The smallest absolute Gasteiger partial charge is 0.282 e. The molecule has 4 rings (SSSR count). The fraction of sp³-hybridized carbons (Fsp3) is 0.0800. The number of hydrogen-bond acceptors (Lipinski definition) is 4. The Morgan fingerprint density at radius 1 is 0.875 bits per heavy atom. The predicted molar refractivity (Wildman–Crippen MR) is 121 cm³/mol. The normalized spacial score (nSPS) is 13.5. The van der Waals surface area contributed by atoms with E-state index in [-0.39, 0.29) is 22.9 Å². The maximum absolute atomic E-state index is 13.5. The molecule has 6 nitrogen and oxygen atoms in total. The lowest BCUT2D eigenvalue weighted by molar-refractivity contribution is -0.120. The Morgan fingerprint density at radius 2 is 1.50 bits per heavy atom. The standard InChI is InChI=1S/C25H20FN3O3/c1-16(30)27-19-12-8-17(9-13-19)22-23(28(2)20-6-4-3-5-7-20)25(32)29(24(22)31)21-14-10-18(26)11-15-21/h3-15H,1-2H3,(H,27,30). The minimum absolute atomic E-state index is 0.206. The summed E-state index contributed by atoms with van der Waals surface area (Å²) >= 11 is 0. The fourth-order valence-electron chi connectivity index (χ4n) is 3.62. The van der Waals surface area contributed by atoms with Crippen molar-refractivity contribution in [2.24, 2.45) is 0 Å². The molecule has 0 spiro atoms. The van der Waals surface area contributed by atoms with Gasteiger partial charge in [0.25, 0.3) is 11.8 Å². The van der Waals surface area contributed by atoms with E-state index in [9.17, 15) is 18.8 Å². The first-order chi connectivity index (χ1) is 15.4. The Morgan fingerprint density at radius 3 is 2.09 bits per heavy atom. The van der Waals surface area contributed by atoms with E-state index in [4.69, 9.17) is 0 Å². The van der Waals surface area contributed by atoms with Crippen LogP contribution in [0.3, 0.4) is 0 Å². The first-order valence-corrected chi connectivity index (χ1v) is 9.92. The summed E-state index contributed by atoms with van der Waals surface area (Å²) < 4.78 is 13.4. The molecule has 1 aliphatic rings. The maximum atomic E-state index is 13.5. The number of likely N-dealkylation sites (N-methyl/N-ethyl adjacent to an activating group) is 1. The van der Waals surface area contributed by atoms with Gasteiger partial charge in [-0.2, -0.15) is 0 Å². The molecular formula is C25H20FN3O3. The van der Waals surface area contributed by atoms with Gasteiger partial charge in [0, 0.05) is 25.3 Å². The van der Waals surface area contributed by atoms with Gasteiger partial charge in [-0.3, -0.25) is 14.4 Å². The van der Waals surface area contributed by atoms with Crippen LogP contribution >= 0.6 is 0 Å². The van der Waals surface area contributed by atoms with Crippen molar-refractivity contribution < 1.29 is 18.8 Å². The molecule has 0 saturated carbocycles. The lowest BCUT2D eigenvalue weighted by Gasteiger charge is -2.21. The number of para-hydroxylation sites is 1. The molecule has 1 aliphatic heterocycles. The Kier molecular flexibility index (Phi) is 5.55. The third kappa shape index (κ3) is 3.88. The predicted octanol–water partition coefficient (Wildman–Crippen LogP) is 4.21. The van der Waals surface area contributed by atoms with Crippen molar-refractivity contribution >= 4 is 40.4 Å². The Hall–Kier alpha value is -4.26. The van der Waals surface area contributed by atoms with Crippen LogP contribution in [-0.4, -0.2) is 24.8 Å². The van der Waals surface area contributed by atoms with Crippen LogP contribution in [0.25, 0.3) is 5.57 Å². The number of nitrogens with zero attached hydrogens (tertiary/aromatic N) is 2. The van der Waals surface area contributed by atoms with Gasteiger partial charge in [0.1, 0.15) is 11.5 Å². The second-order valence-corrected chi connectivity index (χ2v) is 7.30. The minimum Gasteiger partial charge on any atom is -0.339 e. The maximum Gasteiger partial charge on any atom is 0.282 e. The fourth-order valence-corrected chi connectivity index (χ4v) is 3.62. The molecule has 0 radical (unpaired) electrons. The van der Waals surface area contributed by atoms with Gasteiger partial charge >= 0.3 is 0 Å². The molecule has 0 unspecified atom stereocenters. The molecule has 0 aromatic heterocycles. The highest BCUT2D eigenvalue weighted by molar-refractivity contribution is 6.46. The Bertz CT molecular complexity index is 1220. The number of amides is 3.